The highest BCUT2D eigenvalue weighted by Crippen LogP contribution is 2.39. The number of hydrogen-bond acceptors (Lipinski definition) is 4. The van der Waals surface area contributed by atoms with Gasteiger partial charge in [0.15, 0.2) is 0 Å². The highest BCUT2D eigenvalue weighted by atomic mass is 16.6. The van der Waals surface area contributed by atoms with Crippen molar-refractivity contribution >= 4 is 6.09 Å². The summed E-state index contributed by atoms with van der Waals surface area (Å²) in [5, 5.41) is 22.6. The molecule has 0 spiro atoms. The van der Waals surface area contributed by atoms with Crippen LogP contribution in [0.3, 0.4) is 0 Å². The Labute approximate surface area is 124 Å². The van der Waals surface area contributed by atoms with Crippen molar-refractivity contribution < 1.29 is 19.7 Å². The van der Waals surface area contributed by atoms with E-state index in [0.29, 0.717) is 0 Å². The van der Waals surface area contributed by atoms with Gasteiger partial charge in [0.25, 0.3) is 0 Å². The summed E-state index contributed by atoms with van der Waals surface area (Å²) < 4.78 is 5.30. The lowest BCUT2D eigenvalue weighted by molar-refractivity contribution is 0.0438. The standard InChI is InChI=1S/C16H23NO4/c1-15(2,3)21-14(20)17-16(9-12(18)13(19)10-16)11-7-5-4-6-8-11/h4-8,12-13,18-19H,9-10H2,1-3H3,(H,17,20)/t12-,13+,16-. The Kier molecular flexibility index (Phi) is 4.25. The molecule has 5 heteroatoms. The van der Waals surface area contributed by atoms with Crippen LogP contribution in [0.2, 0.25) is 0 Å². The molecule has 1 amide bonds. The molecule has 2 rings (SSSR count). The van der Waals surface area contributed by atoms with Gasteiger partial charge in [0.1, 0.15) is 5.60 Å². The number of nitrogens with one attached hydrogen (secondary N) is 1. The second-order valence-corrected chi connectivity index (χ2v) is 6.62. The third-order valence-corrected chi connectivity index (χ3v) is 3.63. The Morgan fingerprint density at radius 3 is 2.19 bits per heavy atom. The Morgan fingerprint density at radius 2 is 1.71 bits per heavy atom. The van der Waals surface area contributed by atoms with E-state index in [0.717, 1.165) is 5.56 Å². The van der Waals surface area contributed by atoms with Crippen molar-refractivity contribution in [3.05, 3.63) is 35.9 Å². The Morgan fingerprint density at radius 1 is 1.19 bits per heavy atom. The average molecular weight is 293 g/mol. The largest absolute Gasteiger partial charge is 0.444 e. The van der Waals surface area contributed by atoms with Gasteiger partial charge in [-0.25, -0.2) is 4.79 Å². The van der Waals surface area contributed by atoms with Crippen molar-refractivity contribution in [1.82, 2.24) is 5.32 Å². The summed E-state index contributed by atoms with van der Waals surface area (Å²) in [4.78, 5) is 12.1. The van der Waals surface area contributed by atoms with Crippen LogP contribution in [0.4, 0.5) is 4.79 Å². The van der Waals surface area contributed by atoms with E-state index < -0.39 is 29.4 Å². The molecule has 3 atom stereocenters. The highest BCUT2D eigenvalue weighted by Gasteiger charge is 2.47. The number of amides is 1. The van der Waals surface area contributed by atoms with Crippen LogP contribution in [-0.2, 0) is 10.3 Å². The number of ether oxygens (including phenoxy) is 1. The average Bonchev–Trinajstić information content (AvgIpc) is 2.64. The molecule has 1 aliphatic rings. The molecular formula is C16H23NO4. The van der Waals surface area contributed by atoms with Gasteiger partial charge in [-0.1, -0.05) is 30.3 Å². The first-order valence-corrected chi connectivity index (χ1v) is 7.15. The molecule has 0 saturated heterocycles. The zero-order chi connectivity index (χ0) is 15.7. The summed E-state index contributed by atoms with van der Waals surface area (Å²) >= 11 is 0. The van der Waals surface area contributed by atoms with Gasteiger partial charge in [-0.05, 0) is 26.3 Å². The van der Waals surface area contributed by atoms with Crippen molar-refractivity contribution in [2.24, 2.45) is 0 Å². The van der Waals surface area contributed by atoms with Crippen LogP contribution in [-0.4, -0.2) is 34.1 Å². The van der Waals surface area contributed by atoms with Gasteiger partial charge >= 0.3 is 6.09 Å². The lowest BCUT2D eigenvalue weighted by Crippen LogP contribution is -2.46. The number of carbonyl (C=O) groups excluding carboxylic acids is 1. The molecule has 0 radical (unpaired) electrons. The fourth-order valence-electron chi connectivity index (χ4n) is 2.74. The van der Waals surface area contributed by atoms with E-state index >= 15 is 0 Å². The van der Waals surface area contributed by atoms with Gasteiger partial charge in [-0.2, -0.15) is 0 Å². The molecule has 0 unspecified atom stereocenters. The normalized spacial score (nSPS) is 29.2. The number of aliphatic hydroxyl groups is 2. The zero-order valence-electron chi connectivity index (χ0n) is 12.7. The molecule has 5 nitrogen and oxygen atoms in total. The predicted molar refractivity (Wildman–Crippen MR) is 78.7 cm³/mol. The van der Waals surface area contributed by atoms with Gasteiger partial charge in [-0.15, -0.1) is 0 Å². The van der Waals surface area contributed by atoms with Crippen LogP contribution in [0, 0.1) is 0 Å². The molecule has 1 saturated carbocycles. The van der Waals surface area contributed by atoms with E-state index in [1.54, 1.807) is 20.8 Å². The highest BCUT2D eigenvalue weighted by molar-refractivity contribution is 5.69. The maximum absolute atomic E-state index is 12.1. The van der Waals surface area contributed by atoms with E-state index in [4.69, 9.17) is 4.74 Å². The van der Waals surface area contributed by atoms with E-state index in [2.05, 4.69) is 5.32 Å². The lowest BCUT2D eigenvalue weighted by atomic mass is 9.88. The second-order valence-electron chi connectivity index (χ2n) is 6.62. The minimum absolute atomic E-state index is 0.261. The summed E-state index contributed by atoms with van der Waals surface area (Å²) in [6, 6.07) is 9.37. The zero-order valence-corrected chi connectivity index (χ0v) is 12.7. The van der Waals surface area contributed by atoms with Crippen LogP contribution < -0.4 is 5.32 Å². The van der Waals surface area contributed by atoms with Crippen molar-refractivity contribution in [1.29, 1.82) is 0 Å². The molecule has 1 aromatic rings. The van der Waals surface area contributed by atoms with Crippen molar-refractivity contribution in [3.8, 4) is 0 Å². The topological polar surface area (TPSA) is 78.8 Å². The lowest BCUT2D eigenvalue weighted by Gasteiger charge is -2.32. The summed E-state index contributed by atoms with van der Waals surface area (Å²) in [6.45, 7) is 5.38. The molecule has 116 valence electrons. The first-order chi connectivity index (χ1) is 9.72. The number of alkyl carbamates (subject to hydrolysis) is 1. The second kappa shape index (κ2) is 5.66. The summed E-state index contributed by atoms with van der Waals surface area (Å²) in [5.74, 6) is 0. The molecule has 0 bridgehead atoms. The maximum atomic E-state index is 12.1. The van der Waals surface area contributed by atoms with Crippen LogP contribution in [0.1, 0.15) is 39.2 Å². The van der Waals surface area contributed by atoms with Crippen LogP contribution in [0.25, 0.3) is 0 Å². The van der Waals surface area contributed by atoms with Crippen LogP contribution >= 0.6 is 0 Å². The van der Waals surface area contributed by atoms with Gasteiger partial charge in [0, 0.05) is 12.8 Å². The molecule has 0 heterocycles. The molecule has 21 heavy (non-hydrogen) atoms. The van der Waals surface area contributed by atoms with E-state index in [1.807, 2.05) is 30.3 Å². The van der Waals surface area contributed by atoms with Crippen molar-refractivity contribution in [2.75, 3.05) is 0 Å². The first-order valence-electron chi connectivity index (χ1n) is 7.15. The Bertz CT molecular complexity index is 485. The predicted octanol–water partition coefficient (Wildman–Crippen LogP) is 1.92. The maximum Gasteiger partial charge on any atom is 0.408 e. The smallest absolute Gasteiger partial charge is 0.408 e. The number of benzene rings is 1. The third kappa shape index (κ3) is 3.74. The van der Waals surface area contributed by atoms with E-state index in [-0.39, 0.29) is 12.8 Å². The quantitative estimate of drug-likeness (QED) is 0.778. The first kappa shape index (κ1) is 15.8. The fraction of sp³-hybridized carbons (Fsp3) is 0.562. The number of carbonyl (C=O) groups is 1. The van der Waals surface area contributed by atoms with Gasteiger partial charge in [0.2, 0.25) is 0 Å². The summed E-state index contributed by atoms with van der Waals surface area (Å²) in [5.41, 5.74) is -0.549. The SMILES string of the molecule is CC(C)(C)OC(=O)N[C@]1(c2ccccc2)C[C@@H](O)[C@@H](O)C1. The Balaban J connectivity index is 2.24. The monoisotopic (exact) mass is 293 g/mol. The minimum atomic E-state index is -0.861. The molecular weight excluding hydrogens is 270 g/mol. The van der Waals surface area contributed by atoms with Crippen LogP contribution in [0.15, 0.2) is 30.3 Å². The third-order valence-electron chi connectivity index (χ3n) is 3.63. The number of hydrogen-bond donors (Lipinski definition) is 3. The molecule has 1 aliphatic carbocycles. The molecule has 1 aromatic carbocycles. The van der Waals surface area contributed by atoms with Crippen LogP contribution in [0.5, 0.6) is 0 Å². The fourth-order valence-corrected chi connectivity index (χ4v) is 2.74. The summed E-state index contributed by atoms with van der Waals surface area (Å²) in [6.07, 6.45) is -1.75. The molecule has 0 aromatic heterocycles. The van der Waals surface area contributed by atoms with Gasteiger partial charge in [0.05, 0.1) is 17.7 Å². The number of aliphatic hydroxyl groups excluding tert-OH is 2. The molecule has 0 aliphatic heterocycles. The van der Waals surface area contributed by atoms with Gasteiger partial charge in [-0.3, -0.25) is 0 Å². The Hall–Kier alpha value is -1.59. The minimum Gasteiger partial charge on any atom is -0.444 e. The van der Waals surface area contributed by atoms with Crippen molar-refractivity contribution in [2.45, 2.75) is 57.0 Å². The summed E-state index contributed by atoms with van der Waals surface area (Å²) in [7, 11) is 0. The molecule has 1 fully saturated rings. The number of rotatable bonds is 2. The van der Waals surface area contributed by atoms with Gasteiger partial charge < -0.3 is 20.3 Å². The van der Waals surface area contributed by atoms with E-state index in [1.165, 1.54) is 0 Å². The van der Waals surface area contributed by atoms with E-state index in [9.17, 15) is 15.0 Å². The molecule has 3 N–H and O–H groups in total. The van der Waals surface area contributed by atoms with Crippen molar-refractivity contribution in [3.63, 3.8) is 0 Å².